The molecule has 24 heavy (non-hydrogen) atoms. The Balaban J connectivity index is 1.51. The standard InChI is InChI=1S/C20H24N2O2/c1-2-21-12-14-22(15-13-21)20(23)16-24-19-10-8-18(9-11-19)17-6-4-3-5-7-17/h3-11H,2,12-16H2,1H3. The number of likely N-dealkylation sites (N-methyl/N-ethyl adjacent to an activating group) is 1. The topological polar surface area (TPSA) is 32.8 Å². The van der Waals surface area contributed by atoms with E-state index >= 15 is 0 Å². The number of hydrogen-bond acceptors (Lipinski definition) is 3. The summed E-state index contributed by atoms with van der Waals surface area (Å²) in [5.41, 5.74) is 2.32. The number of ether oxygens (including phenoxy) is 1. The molecule has 0 saturated carbocycles. The lowest BCUT2D eigenvalue weighted by molar-refractivity contribution is -0.135. The highest BCUT2D eigenvalue weighted by atomic mass is 16.5. The largest absolute Gasteiger partial charge is 0.484 e. The van der Waals surface area contributed by atoms with E-state index in [2.05, 4.69) is 24.0 Å². The van der Waals surface area contributed by atoms with Crippen molar-refractivity contribution < 1.29 is 9.53 Å². The number of piperazine rings is 1. The number of carbonyl (C=O) groups excluding carboxylic acids is 1. The molecule has 2 aromatic rings. The van der Waals surface area contributed by atoms with Crippen molar-refractivity contribution in [3.63, 3.8) is 0 Å². The van der Waals surface area contributed by atoms with E-state index in [1.54, 1.807) is 0 Å². The number of nitrogens with zero attached hydrogens (tertiary/aromatic N) is 2. The van der Waals surface area contributed by atoms with Crippen LogP contribution in [0.25, 0.3) is 11.1 Å². The van der Waals surface area contributed by atoms with Gasteiger partial charge in [-0.15, -0.1) is 0 Å². The van der Waals surface area contributed by atoms with E-state index in [-0.39, 0.29) is 12.5 Å². The van der Waals surface area contributed by atoms with Gasteiger partial charge in [-0.1, -0.05) is 49.4 Å². The van der Waals surface area contributed by atoms with E-state index < -0.39 is 0 Å². The molecule has 2 aromatic carbocycles. The smallest absolute Gasteiger partial charge is 0.260 e. The highest BCUT2D eigenvalue weighted by Crippen LogP contribution is 2.22. The zero-order chi connectivity index (χ0) is 16.8. The summed E-state index contributed by atoms with van der Waals surface area (Å²) in [4.78, 5) is 16.5. The third kappa shape index (κ3) is 4.15. The van der Waals surface area contributed by atoms with Crippen LogP contribution in [0.3, 0.4) is 0 Å². The third-order valence-electron chi connectivity index (χ3n) is 4.50. The van der Waals surface area contributed by atoms with Crippen LogP contribution < -0.4 is 4.74 Å². The number of rotatable bonds is 5. The highest BCUT2D eigenvalue weighted by molar-refractivity contribution is 5.78. The molecule has 4 heteroatoms. The van der Waals surface area contributed by atoms with Gasteiger partial charge in [0.2, 0.25) is 0 Å². The second-order valence-electron chi connectivity index (χ2n) is 5.99. The monoisotopic (exact) mass is 324 g/mol. The average Bonchev–Trinajstić information content (AvgIpc) is 2.67. The first-order valence-electron chi connectivity index (χ1n) is 8.54. The van der Waals surface area contributed by atoms with Crippen molar-refractivity contribution in [1.29, 1.82) is 0 Å². The lowest BCUT2D eigenvalue weighted by Crippen LogP contribution is -2.49. The molecule has 1 saturated heterocycles. The predicted molar refractivity (Wildman–Crippen MR) is 96.1 cm³/mol. The maximum Gasteiger partial charge on any atom is 0.260 e. The summed E-state index contributed by atoms with van der Waals surface area (Å²) in [5.74, 6) is 0.799. The number of carbonyl (C=O) groups is 1. The molecule has 0 N–H and O–H groups in total. The van der Waals surface area contributed by atoms with Gasteiger partial charge in [0, 0.05) is 26.2 Å². The normalized spacial score (nSPS) is 15.3. The zero-order valence-corrected chi connectivity index (χ0v) is 14.1. The van der Waals surface area contributed by atoms with Crippen molar-refractivity contribution in [3.05, 3.63) is 54.6 Å². The fourth-order valence-corrected chi connectivity index (χ4v) is 2.92. The number of hydrogen-bond donors (Lipinski definition) is 0. The lowest BCUT2D eigenvalue weighted by Gasteiger charge is -2.33. The predicted octanol–water partition coefficient (Wildman–Crippen LogP) is 2.90. The Morgan fingerprint density at radius 2 is 1.54 bits per heavy atom. The number of amides is 1. The van der Waals surface area contributed by atoms with Crippen LogP contribution in [0.4, 0.5) is 0 Å². The molecule has 0 unspecified atom stereocenters. The van der Waals surface area contributed by atoms with Gasteiger partial charge in [0.05, 0.1) is 0 Å². The maximum atomic E-state index is 12.2. The van der Waals surface area contributed by atoms with Gasteiger partial charge in [-0.25, -0.2) is 0 Å². The molecule has 126 valence electrons. The minimum absolute atomic E-state index is 0.0675. The fourth-order valence-electron chi connectivity index (χ4n) is 2.92. The number of benzene rings is 2. The molecule has 0 aromatic heterocycles. The Hall–Kier alpha value is -2.33. The minimum Gasteiger partial charge on any atom is -0.484 e. The van der Waals surface area contributed by atoms with E-state index in [4.69, 9.17) is 4.74 Å². The lowest BCUT2D eigenvalue weighted by atomic mass is 10.1. The molecule has 0 radical (unpaired) electrons. The van der Waals surface area contributed by atoms with E-state index in [0.717, 1.165) is 44.0 Å². The van der Waals surface area contributed by atoms with Crippen LogP contribution in [-0.4, -0.2) is 55.0 Å². The second kappa shape index (κ2) is 7.97. The van der Waals surface area contributed by atoms with Crippen LogP contribution in [0, 0.1) is 0 Å². The molecular weight excluding hydrogens is 300 g/mol. The Kier molecular flexibility index (Phi) is 5.49. The maximum absolute atomic E-state index is 12.2. The third-order valence-corrected chi connectivity index (χ3v) is 4.50. The van der Waals surface area contributed by atoms with Gasteiger partial charge in [0.15, 0.2) is 6.61 Å². The van der Waals surface area contributed by atoms with Gasteiger partial charge in [-0.3, -0.25) is 4.79 Å². The van der Waals surface area contributed by atoms with Crippen molar-refractivity contribution in [3.8, 4) is 16.9 Å². The molecule has 0 spiro atoms. The van der Waals surface area contributed by atoms with Gasteiger partial charge >= 0.3 is 0 Å². The second-order valence-corrected chi connectivity index (χ2v) is 5.99. The van der Waals surface area contributed by atoms with Gasteiger partial charge in [0.1, 0.15) is 5.75 Å². The van der Waals surface area contributed by atoms with E-state index in [9.17, 15) is 4.79 Å². The molecule has 1 amide bonds. The Bertz CT molecular complexity index is 647. The Morgan fingerprint density at radius 1 is 0.917 bits per heavy atom. The molecule has 3 rings (SSSR count). The van der Waals surface area contributed by atoms with E-state index in [0.29, 0.717) is 0 Å². The molecule has 4 nitrogen and oxygen atoms in total. The Labute approximate surface area is 143 Å². The molecule has 0 bridgehead atoms. The highest BCUT2D eigenvalue weighted by Gasteiger charge is 2.20. The summed E-state index contributed by atoms with van der Waals surface area (Å²) in [6.45, 7) is 6.80. The van der Waals surface area contributed by atoms with Crippen molar-refractivity contribution in [2.45, 2.75) is 6.92 Å². The summed E-state index contributed by atoms with van der Waals surface area (Å²) in [6, 6.07) is 18.1. The first-order valence-corrected chi connectivity index (χ1v) is 8.54. The summed E-state index contributed by atoms with van der Waals surface area (Å²) in [5, 5.41) is 0. The van der Waals surface area contributed by atoms with Crippen molar-refractivity contribution in [1.82, 2.24) is 9.80 Å². The molecule has 1 heterocycles. The van der Waals surface area contributed by atoms with Crippen LogP contribution in [0.2, 0.25) is 0 Å². The molecule has 0 atom stereocenters. The van der Waals surface area contributed by atoms with Crippen molar-refractivity contribution in [2.24, 2.45) is 0 Å². The van der Waals surface area contributed by atoms with Gasteiger partial charge in [0.25, 0.3) is 5.91 Å². The average molecular weight is 324 g/mol. The van der Waals surface area contributed by atoms with Crippen LogP contribution in [0.5, 0.6) is 5.75 Å². The molecule has 1 aliphatic heterocycles. The SMILES string of the molecule is CCN1CCN(C(=O)COc2ccc(-c3ccccc3)cc2)CC1. The van der Waals surface area contributed by atoms with Gasteiger partial charge < -0.3 is 14.5 Å². The Morgan fingerprint density at radius 3 is 2.17 bits per heavy atom. The van der Waals surface area contributed by atoms with Crippen LogP contribution in [0.1, 0.15) is 6.92 Å². The summed E-state index contributed by atoms with van der Waals surface area (Å²) >= 11 is 0. The molecule has 1 fully saturated rings. The molecule has 1 aliphatic rings. The van der Waals surface area contributed by atoms with Crippen molar-refractivity contribution in [2.75, 3.05) is 39.3 Å². The van der Waals surface area contributed by atoms with E-state index in [1.807, 2.05) is 47.4 Å². The van der Waals surface area contributed by atoms with Crippen molar-refractivity contribution >= 4 is 5.91 Å². The van der Waals surface area contributed by atoms with E-state index in [1.165, 1.54) is 5.56 Å². The minimum atomic E-state index is 0.0675. The summed E-state index contributed by atoms with van der Waals surface area (Å²) < 4.78 is 5.66. The zero-order valence-electron chi connectivity index (χ0n) is 14.1. The first-order chi connectivity index (χ1) is 11.8. The van der Waals surface area contributed by atoms with Crippen LogP contribution >= 0.6 is 0 Å². The van der Waals surface area contributed by atoms with Gasteiger partial charge in [-0.05, 0) is 29.8 Å². The first kappa shape index (κ1) is 16.5. The van der Waals surface area contributed by atoms with Crippen LogP contribution in [-0.2, 0) is 4.79 Å². The quantitative estimate of drug-likeness (QED) is 0.848. The van der Waals surface area contributed by atoms with Gasteiger partial charge in [-0.2, -0.15) is 0 Å². The molecular formula is C20H24N2O2. The molecule has 0 aliphatic carbocycles. The summed E-state index contributed by atoms with van der Waals surface area (Å²) in [7, 11) is 0. The van der Waals surface area contributed by atoms with Crippen LogP contribution in [0.15, 0.2) is 54.6 Å². The summed E-state index contributed by atoms with van der Waals surface area (Å²) in [6.07, 6.45) is 0. The fraction of sp³-hybridized carbons (Fsp3) is 0.350.